The van der Waals surface area contributed by atoms with Crippen LogP contribution in [0.3, 0.4) is 0 Å². The summed E-state index contributed by atoms with van der Waals surface area (Å²) in [6.45, 7) is 4.96. The summed E-state index contributed by atoms with van der Waals surface area (Å²) in [6, 6.07) is 5.72. The lowest BCUT2D eigenvalue weighted by molar-refractivity contribution is -0.129. The number of anilines is 2. The number of benzene rings is 1. The lowest BCUT2D eigenvalue weighted by atomic mass is 10.2. The van der Waals surface area contributed by atoms with Crippen LogP contribution in [0, 0.1) is 0 Å². The number of aromatic nitrogens is 3. The Hall–Kier alpha value is -3.10. The molecule has 0 spiro atoms. The van der Waals surface area contributed by atoms with E-state index in [4.69, 9.17) is 9.47 Å². The Kier molecular flexibility index (Phi) is 5.90. The van der Waals surface area contributed by atoms with Gasteiger partial charge in [-0.1, -0.05) is 6.07 Å². The Balaban J connectivity index is 1.62. The normalized spacial score (nSPS) is 14.0. The summed E-state index contributed by atoms with van der Waals surface area (Å²) in [7, 11) is 3.22. The fraction of sp³-hybridized carbons (Fsp3) is 0.444. The molecule has 1 fully saturated rings. The Morgan fingerprint density at radius 3 is 2.56 bits per heavy atom. The van der Waals surface area contributed by atoms with Crippen molar-refractivity contribution < 1.29 is 14.3 Å². The number of nitrogens with zero attached hydrogens (tertiary/aromatic N) is 5. The number of carbonyl (C=O) groups excluding carboxylic acids is 1. The molecule has 1 N–H and O–H groups in total. The van der Waals surface area contributed by atoms with Crippen LogP contribution in [0.15, 0.2) is 24.4 Å². The quantitative estimate of drug-likeness (QED) is 0.808. The van der Waals surface area contributed by atoms with Crippen LogP contribution in [0.1, 0.15) is 12.5 Å². The zero-order valence-electron chi connectivity index (χ0n) is 15.8. The van der Waals surface area contributed by atoms with Gasteiger partial charge in [0.05, 0.1) is 20.4 Å². The van der Waals surface area contributed by atoms with Crippen LogP contribution in [0.25, 0.3) is 0 Å². The highest BCUT2D eigenvalue weighted by Crippen LogP contribution is 2.27. The molecule has 144 valence electrons. The Morgan fingerprint density at radius 1 is 1.15 bits per heavy atom. The zero-order chi connectivity index (χ0) is 19.2. The maximum Gasteiger partial charge on any atom is 0.244 e. The smallest absolute Gasteiger partial charge is 0.244 e. The van der Waals surface area contributed by atoms with Crippen LogP contribution in [0.2, 0.25) is 0 Å². The van der Waals surface area contributed by atoms with E-state index in [0.29, 0.717) is 37.1 Å². The van der Waals surface area contributed by atoms with Gasteiger partial charge in [-0.25, -0.2) is 0 Å². The third kappa shape index (κ3) is 4.55. The number of amides is 1. The minimum absolute atomic E-state index is 0.104. The predicted octanol–water partition coefficient (Wildman–Crippen LogP) is 1.17. The Morgan fingerprint density at radius 2 is 1.89 bits per heavy atom. The fourth-order valence-electron chi connectivity index (χ4n) is 2.94. The van der Waals surface area contributed by atoms with Crippen molar-refractivity contribution >= 4 is 17.7 Å². The number of methoxy groups -OCH3 is 2. The summed E-state index contributed by atoms with van der Waals surface area (Å²) in [6.07, 6.45) is 1.64. The highest BCUT2D eigenvalue weighted by Gasteiger charge is 2.20. The molecule has 0 aliphatic carbocycles. The van der Waals surface area contributed by atoms with Crippen molar-refractivity contribution in [2.75, 3.05) is 50.6 Å². The topological polar surface area (TPSA) is 92.7 Å². The van der Waals surface area contributed by atoms with Crippen LogP contribution < -0.4 is 19.7 Å². The molecule has 1 aliphatic heterocycles. The van der Waals surface area contributed by atoms with Crippen molar-refractivity contribution in [2.45, 2.75) is 13.5 Å². The predicted molar refractivity (Wildman–Crippen MR) is 101 cm³/mol. The van der Waals surface area contributed by atoms with Gasteiger partial charge in [0.25, 0.3) is 0 Å². The zero-order valence-corrected chi connectivity index (χ0v) is 15.8. The molecular formula is C18H24N6O3. The van der Waals surface area contributed by atoms with Crippen molar-refractivity contribution in [3.8, 4) is 11.5 Å². The summed E-state index contributed by atoms with van der Waals surface area (Å²) in [5.74, 6) is 2.67. The number of ether oxygens (including phenoxy) is 2. The first-order valence-electron chi connectivity index (χ1n) is 8.75. The van der Waals surface area contributed by atoms with Gasteiger partial charge < -0.3 is 24.6 Å². The van der Waals surface area contributed by atoms with Gasteiger partial charge >= 0.3 is 0 Å². The number of carbonyl (C=O) groups is 1. The van der Waals surface area contributed by atoms with Crippen LogP contribution in [-0.4, -0.2) is 66.4 Å². The van der Waals surface area contributed by atoms with Gasteiger partial charge in [0.1, 0.15) is 0 Å². The molecule has 3 rings (SSSR count). The Labute approximate surface area is 158 Å². The minimum atomic E-state index is 0.104. The standard InChI is InChI=1S/C18H24N6O3/c1-13(25)23-6-8-24(9-7-23)17-12-20-22-18(21-17)19-11-14-4-5-15(26-2)16(10-14)27-3/h4-5,10,12H,6-9,11H2,1-3H3,(H,19,21,22). The SMILES string of the molecule is COc1ccc(CNc2nncc(N3CCN(C(C)=O)CC3)n2)cc1OC. The summed E-state index contributed by atoms with van der Waals surface area (Å²) in [5.41, 5.74) is 1.01. The molecule has 9 nitrogen and oxygen atoms in total. The van der Waals surface area contributed by atoms with Crippen LogP contribution in [0.5, 0.6) is 11.5 Å². The molecule has 0 bridgehead atoms. The van der Waals surface area contributed by atoms with Gasteiger partial charge in [-0.3, -0.25) is 4.79 Å². The average Bonchev–Trinajstić information content (AvgIpc) is 2.72. The molecule has 1 amide bonds. The Bertz CT molecular complexity index is 792. The summed E-state index contributed by atoms with van der Waals surface area (Å²) in [4.78, 5) is 19.9. The maximum absolute atomic E-state index is 11.4. The number of nitrogens with one attached hydrogen (secondary N) is 1. The van der Waals surface area contributed by atoms with Gasteiger partial charge in [-0.2, -0.15) is 10.1 Å². The molecule has 1 saturated heterocycles. The van der Waals surface area contributed by atoms with E-state index in [1.165, 1.54) is 0 Å². The van der Waals surface area contributed by atoms with Crippen molar-refractivity contribution in [3.05, 3.63) is 30.0 Å². The van der Waals surface area contributed by atoms with Crippen LogP contribution >= 0.6 is 0 Å². The van der Waals surface area contributed by atoms with Gasteiger partial charge in [0.15, 0.2) is 17.3 Å². The molecule has 0 atom stereocenters. The average molecular weight is 372 g/mol. The van der Waals surface area contributed by atoms with E-state index in [-0.39, 0.29) is 5.91 Å². The van der Waals surface area contributed by atoms with Gasteiger partial charge in [0.2, 0.25) is 11.9 Å². The first-order valence-corrected chi connectivity index (χ1v) is 8.75. The van der Waals surface area contributed by atoms with E-state index in [2.05, 4.69) is 25.4 Å². The summed E-state index contributed by atoms with van der Waals surface area (Å²) in [5, 5.41) is 11.3. The number of piperazine rings is 1. The van der Waals surface area contributed by atoms with E-state index in [0.717, 1.165) is 24.5 Å². The molecule has 1 aromatic heterocycles. The van der Waals surface area contributed by atoms with Crippen molar-refractivity contribution in [1.82, 2.24) is 20.1 Å². The van der Waals surface area contributed by atoms with Crippen molar-refractivity contribution in [3.63, 3.8) is 0 Å². The van der Waals surface area contributed by atoms with Crippen LogP contribution in [0.4, 0.5) is 11.8 Å². The monoisotopic (exact) mass is 372 g/mol. The maximum atomic E-state index is 11.4. The lowest BCUT2D eigenvalue weighted by Gasteiger charge is -2.34. The third-order valence-electron chi connectivity index (χ3n) is 4.49. The second kappa shape index (κ2) is 8.52. The highest BCUT2D eigenvalue weighted by molar-refractivity contribution is 5.73. The molecule has 1 aromatic carbocycles. The van der Waals surface area contributed by atoms with Crippen molar-refractivity contribution in [2.24, 2.45) is 0 Å². The van der Waals surface area contributed by atoms with Gasteiger partial charge in [-0.15, -0.1) is 5.10 Å². The number of hydrogen-bond acceptors (Lipinski definition) is 8. The molecule has 9 heteroatoms. The van der Waals surface area contributed by atoms with E-state index in [1.54, 1.807) is 27.3 Å². The number of rotatable bonds is 6. The summed E-state index contributed by atoms with van der Waals surface area (Å²) < 4.78 is 10.6. The number of hydrogen-bond donors (Lipinski definition) is 1. The van der Waals surface area contributed by atoms with Crippen molar-refractivity contribution in [1.29, 1.82) is 0 Å². The third-order valence-corrected chi connectivity index (χ3v) is 4.49. The molecule has 2 aromatic rings. The molecule has 0 radical (unpaired) electrons. The molecule has 0 saturated carbocycles. The fourth-order valence-corrected chi connectivity index (χ4v) is 2.94. The van der Waals surface area contributed by atoms with Gasteiger partial charge in [0, 0.05) is 39.6 Å². The molecule has 1 aliphatic rings. The highest BCUT2D eigenvalue weighted by atomic mass is 16.5. The second-order valence-corrected chi connectivity index (χ2v) is 6.17. The minimum Gasteiger partial charge on any atom is -0.493 e. The van der Waals surface area contributed by atoms with E-state index < -0.39 is 0 Å². The second-order valence-electron chi connectivity index (χ2n) is 6.17. The first-order chi connectivity index (χ1) is 13.1. The molecule has 0 unspecified atom stereocenters. The lowest BCUT2D eigenvalue weighted by Crippen LogP contribution is -2.48. The molecule has 2 heterocycles. The van der Waals surface area contributed by atoms with Gasteiger partial charge in [-0.05, 0) is 17.7 Å². The first kappa shape index (κ1) is 18.7. The van der Waals surface area contributed by atoms with E-state index in [1.807, 2.05) is 23.1 Å². The summed E-state index contributed by atoms with van der Waals surface area (Å²) >= 11 is 0. The molecule has 27 heavy (non-hydrogen) atoms. The largest absolute Gasteiger partial charge is 0.493 e. The van der Waals surface area contributed by atoms with E-state index >= 15 is 0 Å². The van der Waals surface area contributed by atoms with Crippen LogP contribution in [-0.2, 0) is 11.3 Å². The van der Waals surface area contributed by atoms with E-state index in [9.17, 15) is 4.79 Å². The molecular weight excluding hydrogens is 348 g/mol.